The zero-order valence-corrected chi connectivity index (χ0v) is 10.9. The van der Waals surface area contributed by atoms with E-state index < -0.39 is 0 Å². The lowest BCUT2D eigenvalue weighted by molar-refractivity contribution is -0.117. The molecule has 88 valence electrons. The number of aryl methyl sites for hydroxylation is 1. The van der Waals surface area contributed by atoms with Crippen molar-refractivity contribution >= 4 is 33.3 Å². The van der Waals surface area contributed by atoms with Crippen molar-refractivity contribution in [2.75, 3.05) is 11.4 Å². The fourth-order valence-corrected chi connectivity index (χ4v) is 3.09. The Morgan fingerprint density at radius 1 is 1.24 bits per heavy atom. The molecule has 0 radical (unpaired) electrons. The minimum atomic E-state index is 0.149. The van der Waals surface area contributed by atoms with E-state index in [0.717, 1.165) is 23.2 Å². The van der Waals surface area contributed by atoms with Crippen LogP contribution < -0.4 is 4.90 Å². The van der Waals surface area contributed by atoms with E-state index in [0.29, 0.717) is 19.4 Å². The van der Waals surface area contributed by atoms with Crippen LogP contribution in [0.5, 0.6) is 0 Å². The van der Waals surface area contributed by atoms with E-state index in [-0.39, 0.29) is 16.5 Å². The third kappa shape index (κ3) is 1.80. The molecule has 0 N–H and O–H groups in total. The van der Waals surface area contributed by atoms with Crippen molar-refractivity contribution in [2.24, 2.45) is 0 Å². The number of carbonyl (C=O) groups excluding carboxylic acids is 2. The van der Waals surface area contributed by atoms with Crippen molar-refractivity contribution in [2.45, 2.75) is 24.1 Å². The van der Waals surface area contributed by atoms with Gasteiger partial charge in [0, 0.05) is 35.5 Å². The summed E-state index contributed by atoms with van der Waals surface area (Å²) in [5.41, 5.74) is 2.83. The highest BCUT2D eigenvalue weighted by Gasteiger charge is 2.30. The van der Waals surface area contributed by atoms with Gasteiger partial charge in [-0.1, -0.05) is 15.9 Å². The van der Waals surface area contributed by atoms with Gasteiger partial charge < -0.3 is 4.90 Å². The molecule has 0 bridgehead atoms. The van der Waals surface area contributed by atoms with Gasteiger partial charge in [-0.15, -0.1) is 0 Å². The fraction of sp³-hybridized carbons (Fsp3) is 0.385. The molecule has 3 rings (SSSR count). The Morgan fingerprint density at radius 3 is 2.76 bits per heavy atom. The number of carbonyl (C=O) groups is 2. The van der Waals surface area contributed by atoms with Crippen molar-refractivity contribution in [3.05, 3.63) is 29.3 Å². The van der Waals surface area contributed by atoms with Gasteiger partial charge in [-0.3, -0.25) is 9.59 Å². The lowest BCUT2D eigenvalue weighted by Crippen LogP contribution is -2.24. The molecular formula is C13H12BrNO2. The molecule has 1 unspecified atom stereocenters. The largest absolute Gasteiger partial charge is 0.311 e. The third-order valence-corrected chi connectivity index (χ3v) is 4.01. The zero-order chi connectivity index (χ0) is 12.0. The molecule has 1 aromatic rings. The van der Waals surface area contributed by atoms with Crippen molar-refractivity contribution < 1.29 is 9.59 Å². The van der Waals surface area contributed by atoms with E-state index in [1.165, 1.54) is 0 Å². The van der Waals surface area contributed by atoms with Crippen LogP contribution in [0.2, 0.25) is 0 Å². The standard InChI is InChI=1S/C13H12BrNO2/c14-9-6-13(17)15(7-9)10-2-3-11-8(5-10)1-4-12(11)16/h2-3,5,9H,1,4,6-7H2. The average Bonchev–Trinajstić information content (AvgIpc) is 2.82. The van der Waals surface area contributed by atoms with Gasteiger partial charge in [0.05, 0.1) is 0 Å². The molecule has 0 spiro atoms. The van der Waals surface area contributed by atoms with Gasteiger partial charge in [-0.05, 0) is 30.2 Å². The Labute approximate surface area is 108 Å². The Morgan fingerprint density at radius 2 is 2.06 bits per heavy atom. The first kappa shape index (κ1) is 11.0. The van der Waals surface area contributed by atoms with Gasteiger partial charge in [0.15, 0.2) is 5.78 Å². The molecule has 1 aromatic carbocycles. The maximum Gasteiger partial charge on any atom is 0.228 e. The number of anilines is 1. The molecule has 1 saturated heterocycles. The summed E-state index contributed by atoms with van der Waals surface area (Å²) in [5, 5.41) is 0. The summed E-state index contributed by atoms with van der Waals surface area (Å²) in [6.07, 6.45) is 1.96. The van der Waals surface area contributed by atoms with E-state index in [1.807, 2.05) is 18.2 Å². The molecular weight excluding hydrogens is 282 g/mol. The van der Waals surface area contributed by atoms with Crippen LogP contribution in [0.4, 0.5) is 5.69 Å². The number of hydrogen-bond acceptors (Lipinski definition) is 2. The van der Waals surface area contributed by atoms with Gasteiger partial charge in [-0.2, -0.15) is 0 Å². The van der Waals surface area contributed by atoms with Crippen molar-refractivity contribution in [3.8, 4) is 0 Å². The summed E-state index contributed by atoms with van der Waals surface area (Å²) in [7, 11) is 0. The van der Waals surface area contributed by atoms with Crippen molar-refractivity contribution in [1.82, 2.24) is 0 Å². The number of Topliss-reactive ketones (excluding diaryl/α,β-unsaturated/α-hetero) is 1. The highest BCUT2D eigenvalue weighted by Crippen LogP contribution is 2.30. The molecule has 1 amide bonds. The van der Waals surface area contributed by atoms with Gasteiger partial charge in [0.25, 0.3) is 0 Å². The maximum atomic E-state index is 11.8. The minimum absolute atomic E-state index is 0.149. The van der Waals surface area contributed by atoms with Crippen LogP contribution in [0.1, 0.15) is 28.8 Å². The van der Waals surface area contributed by atoms with E-state index >= 15 is 0 Å². The number of rotatable bonds is 1. The maximum absolute atomic E-state index is 11.8. The van der Waals surface area contributed by atoms with Crippen LogP contribution in [-0.2, 0) is 11.2 Å². The molecule has 1 aliphatic heterocycles. The van der Waals surface area contributed by atoms with Crippen molar-refractivity contribution in [3.63, 3.8) is 0 Å². The first-order valence-electron chi connectivity index (χ1n) is 5.76. The number of fused-ring (bicyclic) bond motifs is 1. The SMILES string of the molecule is O=C1CCc2cc(N3CC(Br)CC3=O)ccc21. The minimum Gasteiger partial charge on any atom is -0.311 e. The predicted octanol–water partition coefficient (Wildman–Crippen LogP) is 2.32. The van der Waals surface area contributed by atoms with Crippen LogP contribution in [0.15, 0.2) is 18.2 Å². The number of amides is 1. The fourth-order valence-electron chi connectivity index (χ4n) is 2.52. The molecule has 17 heavy (non-hydrogen) atoms. The molecule has 3 nitrogen and oxygen atoms in total. The topological polar surface area (TPSA) is 37.4 Å². The highest BCUT2D eigenvalue weighted by molar-refractivity contribution is 9.09. The van der Waals surface area contributed by atoms with E-state index in [2.05, 4.69) is 15.9 Å². The van der Waals surface area contributed by atoms with Crippen LogP contribution in [-0.4, -0.2) is 23.1 Å². The van der Waals surface area contributed by atoms with E-state index in [9.17, 15) is 9.59 Å². The molecule has 2 aliphatic rings. The summed E-state index contributed by atoms with van der Waals surface area (Å²) < 4.78 is 0. The van der Waals surface area contributed by atoms with Gasteiger partial charge >= 0.3 is 0 Å². The number of halogens is 1. The molecule has 1 heterocycles. The zero-order valence-electron chi connectivity index (χ0n) is 9.28. The summed E-state index contributed by atoms with van der Waals surface area (Å²) in [5.74, 6) is 0.369. The van der Waals surface area contributed by atoms with E-state index in [4.69, 9.17) is 0 Å². The van der Waals surface area contributed by atoms with Crippen LogP contribution >= 0.6 is 15.9 Å². The average molecular weight is 294 g/mol. The molecule has 1 aliphatic carbocycles. The Hall–Kier alpha value is -1.16. The number of ketones is 1. The number of nitrogens with zero attached hydrogens (tertiary/aromatic N) is 1. The number of hydrogen-bond donors (Lipinski definition) is 0. The number of benzene rings is 1. The first-order chi connectivity index (χ1) is 8.15. The number of alkyl halides is 1. The van der Waals surface area contributed by atoms with Gasteiger partial charge in [-0.25, -0.2) is 0 Å². The first-order valence-corrected chi connectivity index (χ1v) is 6.67. The lowest BCUT2D eigenvalue weighted by Gasteiger charge is -2.16. The Kier molecular flexibility index (Phi) is 2.54. The summed E-state index contributed by atoms with van der Waals surface area (Å²) in [4.78, 5) is 25.3. The molecule has 1 atom stereocenters. The molecule has 1 fully saturated rings. The third-order valence-electron chi connectivity index (χ3n) is 3.40. The van der Waals surface area contributed by atoms with Gasteiger partial charge in [0.2, 0.25) is 5.91 Å². The van der Waals surface area contributed by atoms with Crippen molar-refractivity contribution in [1.29, 1.82) is 0 Å². The summed E-state index contributed by atoms with van der Waals surface area (Å²) in [6, 6.07) is 5.73. The quantitative estimate of drug-likeness (QED) is 0.745. The second-order valence-electron chi connectivity index (χ2n) is 4.57. The second kappa shape index (κ2) is 3.95. The highest BCUT2D eigenvalue weighted by atomic mass is 79.9. The predicted molar refractivity (Wildman–Crippen MR) is 68.8 cm³/mol. The smallest absolute Gasteiger partial charge is 0.228 e. The van der Waals surface area contributed by atoms with Crippen LogP contribution in [0, 0.1) is 0 Å². The Bertz CT molecular complexity index is 512. The van der Waals surface area contributed by atoms with Crippen LogP contribution in [0.3, 0.4) is 0 Å². The summed E-state index contributed by atoms with van der Waals surface area (Å²) >= 11 is 3.47. The monoisotopic (exact) mass is 293 g/mol. The normalized spacial score (nSPS) is 23.4. The lowest BCUT2D eigenvalue weighted by atomic mass is 10.1. The van der Waals surface area contributed by atoms with E-state index in [1.54, 1.807) is 4.90 Å². The van der Waals surface area contributed by atoms with Gasteiger partial charge in [0.1, 0.15) is 0 Å². The molecule has 4 heteroatoms. The molecule has 0 aromatic heterocycles. The Balaban J connectivity index is 1.95. The summed E-state index contributed by atoms with van der Waals surface area (Å²) in [6.45, 7) is 0.714. The second-order valence-corrected chi connectivity index (χ2v) is 5.87. The van der Waals surface area contributed by atoms with Crippen LogP contribution in [0.25, 0.3) is 0 Å². The molecule has 0 saturated carbocycles.